The average Bonchev–Trinajstić information content (AvgIpc) is 2.68. The third-order valence-electron chi connectivity index (χ3n) is 4.51. The molecule has 1 aromatic heterocycles. The van der Waals surface area contributed by atoms with Crippen LogP contribution in [-0.4, -0.2) is 27.8 Å². The normalized spacial score (nSPS) is 11.8. The summed E-state index contributed by atoms with van der Waals surface area (Å²) < 4.78 is 6.17. The second-order valence-corrected chi connectivity index (χ2v) is 6.31. The summed E-state index contributed by atoms with van der Waals surface area (Å²) in [6.07, 6.45) is 0. The number of ether oxygens (including phenoxy) is 1. The predicted octanol–water partition coefficient (Wildman–Crippen LogP) is 3.13. The Morgan fingerprint density at radius 3 is 2.31 bits per heavy atom. The number of aromatic nitrogens is 1. The van der Waals surface area contributed by atoms with Crippen molar-refractivity contribution in [3.8, 4) is 5.69 Å². The Hall–Kier alpha value is -3.81. The van der Waals surface area contributed by atoms with Crippen LogP contribution in [-0.2, 0) is 14.3 Å². The van der Waals surface area contributed by atoms with Crippen LogP contribution in [0.5, 0.6) is 0 Å². The van der Waals surface area contributed by atoms with Crippen molar-refractivity contribution < 1.29 is 19.2 Å². The van der Waals surface area contributed by atoms with E-state index in [1.165, 1.54) is 4.57 Å². The van der Waals surface area contributed by atoms with E-state index in [1.54, 1.807) is 61.5 Å². The highest BCUT2D eigenvalue weighted by Gasteiger charge is 2.38. The van der Waals surface area contributed by atoms with E-state index in [0.29, 0.717) is 11.2 Å². The van der Waals surface area contributed by atoms with Crippen molar-refractivity contribution in [1.82, 2.24) is 4.57 Å². The predicted molar refractivity (Wildman–Crippen MR) is 106 cm³/mol. The molecule has 3 aromatic rings. The average molecular weight is 394 g/mol. The van der Waals surface area contributed by atoms with Crippen molar-refractivity contribution in [3.05, 3.63) is 80.6 Å². The number of hydrogen-bond donors (Lipinski definition) is 0. The minimum atomic E-state index is -1.57. The molecule has 0 radical (unpaired) electrons. The Bertz CT molecular complexity index is 1170. The summed E-state index contributed by atoms with van der Waals surface area (Å²) in [6, 6.07) is 14.9. The lowest BCUT2D eigenvalue weighted by Gasteiger charge is -2.18. The molecule has 0 saturated heterocycles. The molecule has 0 aliphatic rings. The summed E-state index contributed by atoms with van der Waals surface area (Å²) in [5.41, 5.74) is -1.21. The zero-order chi connectivity index (χ0) is 21.1. The van der Waals surface area contributed by atoms with Gasteiger partial charge in [-0.15, -0.1) is 0 Å². The maximum Gasteiger partial charge on any atom is 0.339 e. The Labute approximate surface area is 165 Å². The second-order valence-electron chi connectivity index (χ2n) is 6.31. The van der Waals surface area contributed by atoms with Gasteiger partial charge in [0.05, 0.1) is 22.6 Å². The first-order chi connectivity index (χ1) is 13.9. The molecule has 1 heterocycles. The number of nitrogens with zero attached hydrogens (tertiary/aromatic N) is 2. The Morgan fingerprint density at radius 2 is 1.72 bits per heavy atom. The van der Waals surface area contributed by atoms with Gasteiger partial charge in [-0.05, 0) is 32.0 Å². The first-order valence-electron chi connectivity index (χ1n) is 8.93. The molecule has 1 atom stereocenters. The van der Waals surface area contributed by atoms with Crippen LogP contribution >= 0.6 is 0 Å². The molecule has 29 heavy (non-hydrogen) atoms. The van der Waals surface area contributed by atoms with E-state index in [0.717, 1.165) is 6.92 Å². The summed E-state index contributed by atoms with van der Waals surface area (Å²) in [5, 5.41) is 12.2. The van der Waals surface area contributed by atoms with Crippen LogP contribution in [0.3, 0.4) is 0 Å². The summed E-state index contributed by atoms with van der Waals surface area (Å²) in [6.45, 7) is 2.70. The van der Waals surface area contributed by atoms with Crippen LogP contribution in [0.1, 0.15) is 25.3 Å². The van der Waals surface area contributed by atoms with E-state index in [4.69, 9.17) is 4.74 Å². The fourth-order valence-corrected chi connectivity index (χ4v) is 3.37. The third-order valence-corrected chi connectivity index (χ3v) is 4.51. The molecule has 0 amide bonds. The molecule has 0 aliphatic heterocycles. The number of carbonyl (C=O) groups is 2. The van der Waals surface area contributed by atoms with Gasteiger partial charge in [-0.2, -0.15) is 0 Å². The number of hydrogen-bond acceptors (Lipinski definition) is 6. The Morgan fingerprint density at radius 1 is 1.10 bits per heavy atom. The van der Waals surface area contributed by atoms with Gasteiger partial charge < -0.3 is 4.74 Å². The van der Waals surface area contributed by atoms with E-state index in [1.807, 2.05) is 0 Å². The fraction of sp³-hybridized carbons (Fsp3) is 0.190. The summed E-state index contributed by atoms with van der Waals surface area (Å²) in [4.78, 5) is 49.1. The fourth-order valence-electron chi connectivity index (χ4n) is 3.37. The largest absolute Gasteiger partial charge is 0.465 e. The standard InChI is InChI=1S/C21H18N2O6/c1-3-29-21(26)17(13(2)24)18-15-11-7-8-12-16(15)22(14-9-5-4-6-10-14)20(25)19(18)23(27)28/h4-12,17H,3H2,1-2H3/t17-/m1/s1. The highest BCUT2D eigenvalue weighted by molar-refractivity contribution is 6.08. The van der Waals surface area contributed by atoms with Crippen molar-refractivity contribution in [1.29, 1.82) is 0 Å². The van der Waals surface area contributed by atoms with Gasteiger partial charge in [-0.25, -0.2) is 0 Å². The van der Waals surface area contributed by atoms with Crippen molar-refractivity contribution in [2.24, 2.45) is 0 Å². The maximum absolute atomic E-state index is 13.2. The zero-order valence-electron chi connectivity index (χ0n) is 15.8. The number of para-hydroxylation sites is 2. The molecule has 0 saturated carbocycles. The number of pyridine rings is 1. The molecule has 148 valence electrons. The quantitative estimate of drug-likeness (QED) is 0.275. The van der Waals surface area contributed by atoms with Crippen molar-refractivity contribution in [3.63, 3.8) is 0 Å². The lowest BCUT2D eigenvalue weighted by atomic mass is 9.90. The summed E-state index contributed by atoms with van der Waals surface area (Å²) in [7, 11) is 0. The molecule has 3 rings (SSSR count). The number of fused-ring (bicyclic) bond motifs is 1. The number of Topliss-reactive ketones (excluding diaryl/α,β-unsaturated/α-hetero) is 1. The van der Waals surface area contributed by atoms with Gasteiger partial charge in [0.2, 0.25) is 0 Å². The first-order valence-corrected chi connectivity index (χ1v) is 8.93. The van der Waals surface area contributed by atoms with Gasteiger partial charge in [0.25, 0.3) is 0 Å². The van der Waals surface area contributed by atoms with Gasteiger partial charge in [0.15, 0.2) is 0 Å². The molecule has 2 aromatic carbocycles. The molecule has 8 nitrogen and oxygen atoms in total. The van der Waals surface area contributed by atoms with Gasteiger partial charge in [-0.3, -0.25) is 29.1 Å². The highest BCUT2D eigenvalue weighted by atomic mass is 16.6. The smallest absolute Gasteiger partial charge is 0.339 e. The number of nitro groups is 1. The van der Waals surface area contributed by atoms with Gasteiger partial charge >= 0.3 is 17.2 Å². The van der Waals surface area contributed by atoms with Gasteiger partial charge in [0.1, 0.15) is 11.7 Å². The number of ketones is 1. The SMILES string of the molecule is CCOC(=O)[C@H](C(C)=O)c1c([N+](=O)[O-])c(=O)n(-c2ccccc2)c2ccccc12. The summed E-state index contributed by atoms with van der Waals surface area (Å²) in [5.74, 6) is -3.14. The number of carbonyl (C=O) groups excluding carboxylic acids is 2. The van der Waals surface area contributed by atoms with Crippen LogP contribution in [0.4, 0.5) is 5.69 Å². The summed E-state index contributed by atoms with van der Waals surface area (Å²) >= 11 is 0. The minimum absolute atomic E-state index is 0.00454. The molecular weight excluding hydrogens is 376 g/mol. The second kappa shape index (κ2) is 8.05. The Kier molecular flexibility index (Phi) is 5.54. The van der Waals surface area contributed by atoms with E-state index in [2.05, 4.69) is 0 Å². The van der Waals surface area contributed by atoms with Crippen LogP contribution in [0.25, 0.3) is 16.6 Å². The number of esters is 1. The molecule has 0 spiro atoms. The molecule has 8 heteroatoms. The molecule has 0 bridgehead atoms. The third kappa shape index (κ3) is 3.52. The molecule has 0 aliphatic carbocycles. The van der Waals surface area contributed by atoms with Crippen LogP contribution in [0.15, 0.2) is 59.4 Å². The van der Waals surface area contributed by atoms with E-state index < -0.39 is 33.8 Å². The van der Waals surface area contributed by atoms with E-state index >= 15 is 0 Å². The maximum atomic E-state index is 13.2. The van der Waals surface area contributed by atoms with Crippen molar-refractivity contribution in [2.75, 3.05) is 6.61 Å². The molecule has 0 unspecified atom stereocenters. The lowest BCUT2D eigenvalue weighted by molar-refractivity contribution is -0.387. The zero-order valence-corrected chi connectivity index (χ0v) is 15.8. The molecule has 0 fully saturated rings. The van der Waals surface area contributed by atoms with E-state index in [-0.39, 0.29) is 17.6 Å². The van der Waals surface area contributed by atoms with E-state index in [9.17, 15) is 24.5 Å². The van der Waals surface area contributed by atoms with Gasteiger partial charge in [-0.1, -0.05) is 36.4 Å². The van der Waals surface area contributed by atoms with Crippen LogP contribution < -0.4 is 5.56 Å². The lowest BCUT2D eigenvalue weighted by Crippen LogP contribution is -2.29. The Balaban J connectivity index is 2.51. The first kappa shape index (κ1) is 19.9. The van der Waals surface area contributed by atoms with Crippen LogP contribution in [0.2, 0.25) is 0 Å². The monoisotopic (exact) mass is 394 g/mol. The van der Waals surface area contributed by atoms with Gasteiger partial charge in [0, 0.05) is 11.1 Å². The highest BCUT2D eigenvalue weighted by Crippen LogP contribution is 2.34. The van der Waals surface area contributed by atoms with Crippen molar-refractivity contribution >= 4 is 28.3 Å². The number of benzene rings is 2. The minimum Gasteiger partial charge on any atom is -0.465 e. The molecular formula is C21H18N2O6. The van der Waals surface area contributed by atoms with Crippen molar-refractivity contribution in [2.45, 2.75) is 19.8 Å². The molecule has 0 N–H and O–H groups in total. The topological polar surface area (TPSA) is 109 Å². The number of rotatable bonds is 6. The van der Waals surface area contributed by atoms with Crippen LogP contribution in [0, 0.1) is 10.1 Å².